The molecule has 1 aromatic heterocycles. The lowest BCUT2D eigenvalue weighted by Crippen LogP contribution is -2.18. The Hall–Kier alpha value is -2.15. The molecule has 2 rings (SSSR count). The van der Waals surface area contributed by atoms with Gasteiger partial charge in [0.05, 0.1) is 32.1 Å². The van der Waals surface area contributed by atoms with Gasteiger partial charge in [-0.1, -0.05) is 6.92 Å². The number of carbonyl (C=O) groups excluding carboxylic acids is 2. The molecule has 5 nitrogen and oxygen atoms in total. The van der Waals surface area contributed by atoms with Gasteiger partial charge >= 0.3 is 5.97 Å². The van der Waals surface area contributed by atoms with Crippen LogP contribution in [0.1, 0.15) is 29.4 Å². The Morgan fingerprint density at radius 1 is 1.21 bits per heavy atom. The van der Waals surface area contributed by atoms with Crippen LogP contribution in [0.4, 0.5) is 4.39 Å². The van der Waals surface area contributed by atoms with Gasteiger partial charge in [-0.25, -0.2) is 4.39 Å². The lowest BCUT2D eigenvalue weighted by molar-refractivity contribution is -0.145. The largest absolute Gasteiger partial charge is 0.493 e. The molecule has 0 amide bonds. The molecule has 2 aromatic rings. The molecule has 7 heteroatoms. The standard InChI is InChI=1S/C17H19FO5S/c1-5-9(17(20)23-4)6-11(19)14-7-10-13(24-14)8-12(21-2)16(22-3)15(10)18/h7-9H,5-6H2,1-4H3. The van der Waals surface area contributed by atoms with Gasteiger partial charge in [0.15, 0.2) is 23.1 Å². The molecule has 24 heavy (non-hydrogen) atoms. The van der Waals surface area contributed by atoms with E-state index in [1.165, 1.54) is 27.4 Å². The van der Waals surface area contributed by atoms with E-state index in [1.807, 2.05) is 6.92 Å². The minimum Gasteiger partial charge on any atom is -0.493 e. The third kappa shape index (κ3) is 3.36. The van der Waals surface area contributed by atoms with Crippen molar-refractivity contribution in [3.05, 3.63) is 22.8 Å². The number of methoxy groups -OCH3 is 3. The molecular weight excluding hydrogens is 335 g/mol. The summed E-state index contributed by atoms with van der Waals surface area (Å²) in [7, 11) is 4.07. The second-order valence-electron chi connectivity index (χ2n) is 5.20. The molecule has 1 unspecified atom stereocenters. The van der Waals surface area contributed by atoms with Gasteiger partial charge < -0.3 is 14.2 Å². The van der Waals surface area contributed by atoms with E-state index >= 15 is 0 Å². The normalized spacial score (nSPS) is 12.0. The number of thiophene rings is 1. The van der Waals surface area contributed by atoms with Crippen LogP contribution in [0.15, 0.2) is 12.1 Å². The summed E-state index contributed by atoms with van der Waals surface area (Å²) in [5.74, 6) is -1.43. The Bertz CT molecular complexity index is 768. The fraction of sp³-hybridized carbons (Fsp3) is 0.412. The van der Waals surface area contributed by atoms with E-state index in [4.69, 9.17) is 14.2 Å². The van der Waals surface area contributed by atoms with E-state index in [0.29, 0.717) is 21.4 Å². The topological polar surface area (TPSA) is 61.8 Å². The van der Waals surface area contributed by atoms with Crippen molar-refractivity contribution in [2.45, 2.75) is 19.8 Å². The number of carbonyl (C=O) groups is 2. The number of hydrogen-bond donors (Lipinski definition) is 0. The van der Waals surface area contributed by atoms with E-state index in [1.54, 1.807) is 6.07 Å². The Morgan fingerprint density at radius 2 is 1.92 bits per heavy atom. The number of hydrogen-bond acceptors (Lipinski definition) is 6. The highest BCUT2D eigenvalue weighted by molar-refractivity contribution is 7.20. The first kappa shape index (κ1) is 18.2. The molecule has 0 saturated heterocycles. The van der Waals surface area contributed by atoms with Gasteiger partial charge in [0.25, 0.3) is 0 Å². The van der Waals surface area contributed by atoms with Gasteiger partial charge in [-0.3, -0.25) is 9.59 Å². The van der Waals surface area contributed by atoms with Gasteiger partial charge in [0, 0.05) is 22.6 Å². The Kier molecular flexibility index (Phi) is 5.77. The number of fused-ring (bicyclic) bond motifs is 1. The third-order valence-corrected chi connectivity index (χ3v) is 4.96. The number of benzene rings is 1. The van der Waals surface area contributed by atoms with Crippen LogP contribution in [0.25, 0.3) is 10.1 Å². The molecule has 1 atom stereocenters. The van der Waals surface area contributed by atoms with Gasteiger partial charge in [0.2, 0.25) is 0 Å². The van der Waals surface area contributed by atoms with Crippen LogP contribution < -0.4 is 9.47 Å². The van der Waals surface area contributed by atoms with Crippen LogP contribution in [-0.4, -0.2) is 33.1 Å². The zero-order chi connectivity index (χ0) is 17.9. The van der Waals surface area contributed by atoms with E-state index in [-0.39, 0.29) is 23.7 Å². The predicted molar refractivity (Wildman–Crippen MR) is 89.6 cm³/mol. The fourth-order valence-electron chi connectivity index (χ4n) is 2.46. The highest BCUT2D eigenvalue weighted by Crippen LogP contribution is 2.40. The Morgan fingerprint density at radius 3 is 2.46 bits per heavy atom. The Labute approximate surface area is 143 Å². The van der Waals surface area contributed by atoms with Gasteiger partial charge in [0.1, 0.15) is 0 Å². The van der Waals surface area contributed by atoms with Crippen LogP contribution in [0.2, 0.25) is 0 Å². The lowest BCUT2D eigenvalue weighted by atomic mass is 9.99. The van der Waals surface area contributed by atoms with Crippen LogP contribution in [0, 0.1) is 11.7 Å². The van der Waals surface area contributed by atoms with Gasteiger partial charge in [-0.15, -0.1) is 11.3 Å². The first-order chi connectivity index (χ1) is 11.5. The molecule has 1 heterocycles. The molecule has 0 aliphatic heterocycles. The van der Waals surface area contributed by atoms with E-state index in [9.17, 15) is 14.0 Å². The summed E-state index contributed by atoms with van der Waals surface area (Å²) < 4.78 is 30.0. The van der Waals surface area contributed by atoms with Crippen LogP contribution in [0.3, 0.4) is 0 Å². The summed E-state index contributed by atoms with van der Waals surface area (Å²) in [5, 5.41) is 0.298. The van der Waals surface area contributed by atoms with E-state index in [2.05, 4.69) is 0 Å². The minimum absolute atomic E-state index is 0.00259. The summed E-state index contributed by atoms with van der Waals surface area (Å²) in [6.45, 7) is 1.81. The number of ketones is 1. The summed E-state index contributed by atoms with van der Waals surface area (Å²) in [6.07, 6.45) is 0.533. The van der Waals surface area contributed by atoms with Crippen molar-refractivity contribution in [2.24, 2.45) is 5.92 Å². The molecule has 0 N–H and O–H groups in total. The van der Waals surface area contributed by atoms with E-state index < -0.39 is 17.7 Å². The molecular formula is C17H19FO5S. The highest BCUT2D eigenvalue weighted by atomic mass is 32.1. The minimum atomic E-state index is -0.567. The lowest BCUT2D eigenvalue weighted by Gasteiger charge is -2.10. The predicted octanol–water partition coefficient (Wildman–Crippen LogP) is 3.83. The van der Waals surface area contributed by atoms with Crippen LogP contribution in [-0.2, 0) is 9.53 Å². The van der Waals surface area contributed by atoms with Crippen molar-refractivity contribution in [3.63, 3.8) is 0 Å². The van der Waals surface area contributed by atoms with Crippen molar-refractivity contribution < 1.29 is 28.2 Å². The SMILES string of the molecule is CCC(CC(=O)c1cc2c(F)c(OC)c(OC)cc2s1)C(=O)OC. The van der Waals surface area contributed by atoms with Crippen LogP contribution in [0.5, 0.6) is 11.5 Å². The van der Waals surface area contributed by atoms with Crippen molar-refractivity contribution in [3.8, 4) is 11.5 Å². The quantitative estimate of drug-likeness (QED) is 0.559. The molecule has 1 aromatic carbocycles. The first-order valence-electron chi connectivity index (χ1n) is 7.41. The average molecular weight is 354 g/mol. The number of Topliss-reactive ketones (excluding diaryl/α,β-unsaturated/α-hetero) is 1. The van der Waals surface area contributed by atoms with Crippen molar-refractivity contribution in [1.29, 1.82) is 0 Å². The molecule has 0 bridgehead atoms. The number of ether oxygens (including phenoxy) is 3. The summed E-state index contributed by atoms with van der Waals surface area (Å²) >= 11 is 1.16. The molecule has 0 aliphatic rings. The summed E-state index contributed by atoms with van der Waals surface area (Å²) in [4.78, 5) is 24.5. The molecule has 0 aliphatic carbocycles. The second kappa shape index (κ2) is 7.61. The number of esters is 1. The van der Waals surface area contributed by atoms with Gasteiger partial charge in [-0.2, -0.15) is 0 Å². The van der Waals surface area contributed by atoms with Crippen molar-refractivity contribution >= 4 is 33.2 Å². The number of rotatable bonds is 7. The van der Waals surface area contributed by atoms with Crippen LogP contribution >= 0.6 is 11.3 Å². The van der Waals surface area contributed by atoms with Crippen molar-refractivity contribution in [1.82, 2.24) is 0 Å². The maximum absolute atomic E-state index is 14.5. The zero-order valence-electron chi connectivity index (χ0n) is 14.0. The van der Waals surface area contributed by atoms with Gasteiger partial charge in [-0.05, 0) is 12.5 Å². The zero-order valence-corrected chi connectivity index (χ0v) is 14.8. The second-order valence-corrected chi connectivity index (χ2v) is 6.29. The van der Waals surface area contributed by atoms with E-state index in [0.717, 1.165) is 11.3 Å². The monoisotopic (exact) mass is 354 g/mol. The fourth-order valence-corrected chi connectivity index (χ4v) is 3.50. The average Bonchev–Trinajstić information content (AvgIpc) is 3.03. The first-order valence-corrected chi connectivity index (χ1v) is 8.23. The third-order valence-electron chi connectivity index (χ3n) is 3.84. The Balaban J connectivity index is 2.38. The molecule has 0 fully saturated rings. The molecule has 0 radical (unpaired) electrons. The maximum atomic E-state index is 14.5. The molecule has 0 spiro atoms. The maximum Gasteiger partial charge on any atom is 0.309 e. The summed E-state index contributed by atoms with van der Waals surface area (Å²) in [5.41, 5.74) is 0. The highest BCUT2D eigenvalue weighted by Gasteiger charge is 2.24. The van der Waals surface area contributed by atoms with Crippen molar-refractivity contribution in [2.75, 3.05) is 21.3 Å². The molecule has 130 valence electrons. The summed E-state index contributed by atoms with van der Waals surface area (Å²) in [6, 6.07) is 3.12. The molecule has 0 saturated carbocycles. The smallest absolute Gasteiger partial charge is 0.309 e. The number of halogens is 1.